The van der Waals surface area contributed by atoms with Crippen LogP contribution in [0.2, 0.25) is 0 Å². The summed E-state index contributed by atoms with van der Waals surface area (Å²) in [5.74, 6) is -0.268. The number of carboxylic acid groups (broad SMARTS) is 1. The Morgan fingerprint density at radius 2 is 2.00 bits per heavy atom. The van der Waals surface area contributed by atoms with Gasteiger partial charge in [-0.3, -0.25) is 0 Å². The lowest BCUT2D eigenvalue weighted by molar-refractivity contribution is -0.153. The Bertz CT molecular complexity index is 373. The molecule has 1 N–H and O–H groups in total. The number of ether oxygens (including phenoxy) is 2. The van der Waals surface area contributed by atoms with Crippen molar-refractivity contribution in [1.82, 2.24) is 0 Å². The van der Waals surface area contributed by atoms with Crippen LogP contribution in [0.1, 0.15) is 19.4 Å². The molecule has 1 aromatic carbocycles. The highest BCUT2D eigenvalue weighted by atomic mass is 16.5. The third-order valence-electron chi connectivity index (χ3n) is 2.31. The molecule has 0 saturated carbocycles. The highest BCUT2D eigenvalue weighted by Crippen LogP contribution is 2.20. The van der Waals surface area contributed by atoms with Gasteiger partial charge >= 0.3 is 5.97 Å². The third kappa shape index (κ3) is 4.07. The third-order valence-corrected chi connectivity index (χ3v) is 2.31. The normalized spacial score (nSPS) is 12.5. The summed E-state index contributed by atoms with van der Waals surface area (Å²) >= 11 is 0. The molecule has 1 aromatic rings. The van der Waals surface area contributed by atoms with Gasteiger partial charge in [0, 0.05) is 6.42 Å². The van der Waals surface area contributed by atoms with Crippen molar-refractivity contribution in [2.45, 2.75) is 32.5 Å². The van der Waals surface area contributed by atoms with Crippen LogP contribution < -0.4 is 4.74 Å². The van der Waals surface area contributed by atoms with Crippen LogP contribution in [0.5, 0.6) is 5.75 Å². The standard InChI is InChI=1S/C13H18O4/c1-9(2)17-12(13(14)15)8-10-6-4-5-7-11(10)16-3/h4-7,9,12H,8H2,1-3H3,(H,14,15)/t12-/m0/s1. The van der Waals surface area contributed by atoms with E-state index in [9.17, 15) is 4.79 Å². The van der Waals surface area contributed by atoms with Crippen molar-refractivity contribution >= 4 is 5.97 Å². The number of carbonyl (C=O) groups is 1. The zero-order valence-electron chi connectivity index (χ0n) is 10.3. The molecule has 0 radical (unpaired) electrons. The van der Waals surface area contributed by atoms with E-state index in [1.807, 2.05) is 38.1 Å². The van der Waals surface area contributed by atoms with Gasteiger partial charge in [0.2, 0.25) is 0 Å². The molecule has 0 aliphatic heterocycles. The Morgan fingerprint density at radius 1 is 1.35 bits per heavy atom. The molecule has 94 valence electrons. The average molecular weight is 238 g/mol. The summed E-state index contributed by atoms with van der Waals surface area (Å²) in [4.78, 5) is 11.1. The van der Waals surface area contributed by atoms with Gasteiger partial charge in [-0.2, -0.15) is 0 Å². The van der Waals surface area contributed by atoms with Crippen LogP contribution in [-0.2, 0) is 16.0 Å². The maximum Gasteiger partial charge on any atom is 0.333 e. The van der Waals surface area contributed by atoms with E-state index in [0.29, 0.717) is 12.2 Å². The van der Waals surface area contributed by atoms with Crippen molar-refractivity contribution in [1.29, 1.82) is 0 Å². The fourth-order valence-electron chi connectivity index (χ4n) is 1.59. The van der Waals surface area contributed by atoms with Crippen molar-refractivity contribution in [2.75, 3.05) is 7.11 Å². The van der Waals surface area contributed by atoms with Crippen LogP contribution in [0.4, 0.5) is 0 Å². The lowest BCUT2D eigenvalue weighted by Gasteiger charge is -2.17. The Hall–Kier alpha value is -1.55. The van der Waals surface area contributed by atoms with Crippen LogP contribution in [0.25, 0.3) is 0 Å². The summed E-state index contributed by atoms with van der Waals surface area (Å²) in [6.07, 6.45) is -0.658. The van der Waals surface area contributed by atoms with Crippen molar-refractivity contribution in [3.63, 3.8) is 0 Å². The minimum atomic E-state index is -0.954. The Kier molecular flexibility index (Phi) is 4.97. The lowest BCUT2D eigenvalue weighted by Crippen LogP contribution is -2.29. The first-order chi connectivity index (χ1) is 8.04. The summed E-state index contributed by atoms with van der Waals surface area (Å²) < 4.78 is 10.5. The minimum absolute atomic E-state index is 0.120. The number of carboxylic acids is 1. The van der Waals surface area contributed by atoms with E-state index in [4.69, 9.17) is 14.6 Å². The maximum atomic E-state index is 11.1. The summed E-state index contributed by atoms with van der Waals surface area (Å²) in [6.45, 7) is 3.64. The molecular weight excluding hydrogens is 220 g/mol. The summed E-state index contributed by atoms with van der Waals surface area (Å²) in [7, 11) is 1.57. The van der Waals surface area contributed by atoms with Crippen molar-refractivity contribution < 1.29 is 19.4 Å². The van der Waals surface area contributed by atoms with Gasteiger partial charge in [0.15, 0.2) is 6.10 Å². The molecule has 0 spiro atoms. The number of hydrogen-bond acceptors (Lipinski definition) is 3. The first kappa shape index (κ1) is 13.5. The molecule has 0 aromatic heterocycles. The molecule has 0 saturated heterocycles. The molecule has 4 nitrogen and oxygen atoms in total. The molecular formula is C13H18O4. The van der Waals surface area contributed by atoms with Gasteiger partial charge in [-0.25, -0.2) is 4.79 Å². The summed E-state index contributed by atoms with van der Waals surface area (Å²) in [6, 6.07) is 7.36. The highest BCUT2D eigenvalue weighted by Gasteiger charge is 2.21. The molecule has 0 unspecified atom stereocenters. The molecule has 0 heterocycles. The fraction of sp³-hybridized carbons (Fsp3) is 0.462. The van der Waals surface area contributed by atoms with E-state index < -0.39 is 12.1 Å². The molecule has 1 rings (SSSR count). The summed E-state index contributed by atoms with van der Waals surface area (Å²) in [5.41, 5.74) is 0.836. The van der Waals surface area contributed by atoms with Crippen LogP contribution in [0.3, 0.4) is 0 Å². The van der Waals surface area contributed by atoms with Gasteiger partial charge in [-0.15, -0.1) is 0 Å². The topological polar surface area (TPSA) is 55.8 Å². The number of rotatable bonds is 6. The van der Waals surface area contributed by atoms with Gasteiger partial charge in [-0.05, 0) is 25.5 Å². The van der Waals surface area contributed by atoms with Crippen LogP contribution in [-0.4, -0.2) is 30.4 Å². The van der Waals surface area contributed by atoms with E-state index in [-0.39, 0.29) is 6.10 Å². The predicted octanol–water partition coefficient (Wildman–Crippen LogP) is 2.12. The monoisotopic (exact) mass is 238 g/mol. The molecule has 0 amide bonds. The average Bonchev–Trinajstić information content (AvgIpc) is 2.28. The van der Waals surface area contributed by atoms with E-state index in [1.54, 1.807) is 7.11 Å². The molecule has 0 aliphatic carbocycles. The number of para-hydroxylation sites is 1. The number of benzene rings is 1. The molecule has 4 heteroatoms. The van der Waals surface area contributed by atoms with Crippen LogP contribution in [0.15, 0.2) is 24.3 Å². The van der Waals surface area contributed by atoms with Gasteiger partial charge in [0.1, 0.15) is 5.75 Å². The number of methoxy groups -OCH3 is 1. The lowest BCUT2D eigenvalue weighted by atomic mass is 10.1. The van der Waals surface area contributed by atoms with Gasteiger partial charge in [0.05, 0.1) is 13.2 Å². The fourth-order valence-corrected chi connectivity index (χ4v) is 1.59. The van der Waals surface area contributed by atoms with Crippen LogP contribution in [0, 0.1) is 0 Å². The second-order valence-electron chi connectivity index (χ2n) is 4.03. The SMILES string of the molecule is COc1ccccc1C[C@H](OC(C)C)C(=O)O. The Labute approximate surface area is 101 Å². The van der Waals surface area contributed by atoms with Crippen molar-refractivity contribution in [2.24, 2.45) is 0 Å². The molecule has 17 heavy (non-hydrogen) atoms. The minimum Gasteiger partial charge on any atom is -0.496 e. The number of hydrogen-bond donors (Lipinski definition) is 1. The zero-order valence-corrected chi connectivity index (χ0v) is 10.3. The maximum absolute atomic E-state index is 11.1. The van der Waals surface area contributed by atoms with Gasteiger partial charge < -0.3 is 14.6 Å². The van der Waals surface area contributed by atoms with Crippen LogP contribution >= 0.6 is 0 Å². The highest BCUT2D eigenvalue weighted by molar-refractivity contribution is 5.73. The molecule has 0 fully saturated rings. The predicted molar refractivity (Wildman–Crippen MR) is 64.3 cm³/mol. The Morgan fingerprint density at radius 3 is 2.53 bits per heavy atom. The smallest absolute Gasteiger partial charge is 0.333 e. The van der Waals surface area contributed by atoms with Crippen molar-refractivity contribution in [3.05, 3.63) is 29.8 Å². The zero-order chi connectivity index (χ0) is 12.8. The van der Waals surface area contributed by atoms with E-state index in [2.05, 4.69) is 0 Å². The van der Waals surface area contributed by atoms with E-state index in [1.165, 1.54) is 0 Å². The second-order valence-corrected chi connectivity index (χ2v) is 4.03. The quantitative estimate of drug-likeness (QED) is 0.824. The largest absolute Gasteiger partial charge is 0.496 e. The van der Waals surface area contributed by atoms with E-state index in [0.717, 1.165) is 5.56 Å². The Balaban J connectivity index is 2.82. The second kappa shape index (κ2) is 6.25. The summed E-state index contributed by atoms with van der Waals surface area (Å²) in [5, 5.41) is 9.08. The first-order valence-electron chi connectivity index (χ1n) is 5.54. The number of aliphatic carboxylic acids is 1. The van der Waals surface area contributed by atoms with Crippen molar-refractivity contribution in [3.8, 4) is 5.75 Å². The first-order valence-corrected chi connectivity index (χ1v) is 5.54. The van der Waals surface area contributed by atoms with Gasteiger partial charge in [0.25, 0.3) is 0 Å². The molecule has 1 atom stereocenters. The molecule has 0 bridgehead atoms. The van der Waals surface area contributed by atoms with Gasteiger partial charge in [-0.1, -0.05) is 18.2 Å². The van der Waals surface area contributed by atoms with E-state index >= 15 is 0 Å². The molecule has 0 aliphatic rings.